The molecule has 4 aliphatic rings. The van der Waals surface area contributed by atoms with E-state index in [0.717, 1.165) is 61.3 Å². The first-order chi connectivity index (χ1) is 25.3. The van der Waals surface area contributed by atoms with Crippen LogP contribution >= 0.6 is 23.4 Å². The van der Waals surface area contributed by atoms with E-state index in [1.165, 1.54) is 21.5 Å². The number of fused-ring (bicyclic) bond motifs is 3. The maximum atomic E-state index is 13.3. The first kappa shape index (κ1) is 35.7. The number of benzene rings is 3. The minimum Gasteiger partial charge on any atom is -0.490 e. The molecule has 4 aliphatic heterocycles. The molecule has 0 saturated carbocycles. The van der Waals surface area contributed by atoms with Crippen molar-refractivity contribution in [3.05, 3.63) is 82.5 Å². The van der Waals surface area contributed by atoms with Gasteiger partial charge < -0.3 is 19.3 Å². The van der Waals surface area contributed by atoms with E-state index in [2.05, 4.69) is 56.3 Å². The van der Waals surface area contributed by atoms with E-state index in [-0.39, 0.29) is 42.9 Å². The van der Waals surface area contributed by atoms with E-state index < -0.39 is 29.7 Å². The van der Waals surface area contributed by atoms with Gasteiger partial charge in [0.25, 0.3) is 11.8 Å². The number of nitrogens with one attached hydrogen (secondary N) is 1. The van der Waals surface area contributed by atoms with E-state index in [1.807, 2.05) is 12.1 Å². The van der Waals surface area contributed by atoms with Crippen molar-refractivity contribution in [2.24, 2.45) is 0 Å². The number of anilines is 2. The summed E-state index contributed by atoms with van der Waals surface area (Å²) >= 11 is 8.15. The van der Waals surface area contributed by atoms with Gasteiger partial charge >= 0.3 is 0 Å². The van der Waals surface area contributed by atoms with Crippen molar-refractivity contribution < 1.29 is 33.4 Å². The third kappa shape index (κ3) is 7.46. The Labute approximate surface area is 310 Å². The average molecular weight is 744 g/mol. The second-order valence-electron chi connectivity index (χ2n) is 12.9. The van der Waals surface area contributed by atoms with Crippen LogP contribution in [0, 0.1) is 0 Å². The zero-order chi connectivity index (χ0) is 36.2. The molecule has 0 bridgehead atoms. The zero-order valence-electron chi connectivity index (χ0n) is 28.5. The van der Waals surface area contributed by atoms with Crippen LogP contribution in [0.4, 0.5) is 11.4 Å². The first-order valence-electron chi connectivity index (χ1n) is 17.4. The molecule has 4 amide bonds. The monoisotopic (exact) mass is 743 g/mol. The molecule has 0 radical (unpaired) electrons. The zero-order valence-corrected chi connectivity index (χ0v) is 30.0. The molecule has 14 heteroatoms. The lowest BCUT2D eigenvalue weighted by Gasteiger charge is -2.37. The van der Waals surface area contributed by atoms with Gasteiger partial charge in [0.15, 0.2) is 0 Å². The Kier molecular flexibility index (Phi) is 11.0. The fraction of sp³-hybridized carbons (Fsp3) is 0.368. The van der Waals surface area contributed by atoms with Crippen LogP contribution in [0.1, 0.15) is 46.4 Å². The molecule has 3 aromatic rings. The van der Waals surface area contributed by atoms with Crippen molar-refractivity contribution >= 4 is 64.3 Å². The van der Waals surface area contributed by atoms with Gasteiger partial charge in [-0.3, -0.25) is 34.3 Å². The van der Waals surface area contributed by atoms with Crippen LogP contribution in [0.5, 0.6) is 5.75 Å². The fourth-order valence-electron chi connectivity index (χ4n) is 7.10. The van der Waals surface area contributed by atoms with Crippen molar-refractivity contribution in [1.29, 1.82) is 0 Å². The van der Waals surface area contributed by atoms with Crippen molar-refractivity contribution in [2.45, 2.75) is 41.5 Å². The Morgan fingerprint density at radius 2 is 1.69 bits per heavy atom. The molecule has 270 valence electrons. The maximum absolute atomic E-state index is 13.3. The second-order valence-corrected chi connectivity index (χ2v) is 14.4. The highest BCUT2D eigenvalue weighted by Gasteiger charge is 2.46. The summed E-state index contributed by atoms with van der Waals surface area (Å²) < 4.78 is 11.6. The quantitative estimate of drug-likeness (QED) is 0.150. The number of piperazine rings is 1. The number of halogens is 1. The van der Waals surface area contributed by atoms with Gasteiger partial charge in [0.05, 0.1) is 35.7 Å². The van der Waals surface area contributed by atoms with Crippen LogP contribution < -0.4 is 15.0 Å². The van der Waals surface area contributed by atoms with Crippen LogP contribution in [0.2, 0.25) is 5.02 Å². The number of rotatable bonds is 13. The number of piperidine rings is 1. The van der Waals surface area contributed by atoms with Gasteiger partial charge in [0, 0.05) is 60.4 Å². The predicted molar refractivity (Wildman–Crippen MR) is 195 cm³/mol. The van der Waals surface area contributed by atoms with Crippen LogP contribution in [-0.2, 0) is 19.1 Å². The number of para-hydroxylation sites is 1. The molecule has 7 rings (SSSR count). The highest BCUT2D eigenvalue weighted by Crippen LogP contribution is 2.48. The van der Waals surface area contributed by atoms with Gasteiger partial charge in [-0.05, 0) is 61.9 Å². The molecule has 0 aliphatic carbocycles. The van der Waals surface area contributed by atoms with E-state index in [4.69, 9.17) is 21.1 Å². The number of imide groups is 2. The molecule has 1 atom stereocenters. The van der Waals surface area contributed by atoms with E-state index in [1.54, 1.807) is 23.9 Å². The number of nitrogens with zero attached hydrogens (tertiary/aromatic N) is 4. The van der Waals surface area contributed by atoms with Gasteiger partial charge in [-0.25, -0.2) is 4.79 Å². The summed E-state index contributed by atoms with van der Waals surface area (Å²) in [5, 5.41) is 2.92. The molecular formula is C38H38ClN5O7S. The maximum Gasteiger partial charge on any atom is 0.266 e. The molecule has 3 aromatic carbocycles. The average Bonchev–Trinajstić information content (AvgIpc) is 3.40. The molecule has 4 heterocycles. The van der Waals surface area contributed by atoms with Crippen molar-refractivity contribution in [1.82, 2.24) is 20.0 Å². The normalized spacial score (nSPS) is 18.5. The van der Waals surface area contributed by atoms with Crippen LogP contribution in [-0.4, -0.2) is 109 Å². The summed E-state index contributed by atoms with van der Waals surface area (Å²) in [5.74, 6) is 0.00654. The molecule has 12 nitrogen and oxygen atoms in total. The van der Waals surface area contributed by atoms with Crippen molar-refractivity contribution in [2.75, 3.05) is 64.0 Å². The summed E-state index contributed by atoms with van der Waals surface area (Å²) in [7, 11) is 0. The highest BCUT2D eigenvalue weighted by atomic mass is 35.5. The molecular weight excluding hydrogens is 706 g/mol. The highest BCUT2D eigenvalue weighted by molar-refractivity contribution is 7.99. The molecule has 0 spiro atoms. The summed E-state index contributed by atoms with van der Waals surface area (Å²) in [6.07, 6.45) is 1.51. The standard InChI is InChI=1S/C38H38ClN5O7S/c39-25-9-11-33-30(23-25)43(28-6-1-2-8-32(28)52-33)15-4-14-41-16-18-42(19-17-41)26(24-45)13-20-50-21-22-51-31-7-3-5-27-35(31)38(49)44(37(27)48)29-10-12-34(46)40-36(29)47/h1-3,5-9,11,23,29H,4,10,12-22H2,(H,40,46,47). The number of ether oxygens (including phenoxy) is 2. The molecule has 1 N–H and O–H groups in total. The Hall–Kier alpha value is -4.65. The Bertz CT molecular complexity index is 1940. The Morgan fingerprint density at radius 1 is 0.885 bits per heavy atom. The van der Waals surface area contributed by atoms with Gasteiger partial charge in [-0.15, -0.1) is 0 Å². The Morgan fingerprint density at radius 3 is 2.50 bits per heavy atom. The molecule has 52 heavy (non-hydrogen) atoms. The van der Waals surface area contributed by atoms with Crippen LogP contribution in [0.25, 0.3) is 0 Å². The van der Waals surface area contributed by atoms with Crippen molar-refractivity contribution in [3.63, 3.8) is 0 Å². The number of carbonyl (C=O) groups is 4. The lowest BCUT2D eigenvalue weighted by Crippen LogP contribution is -2.54. The smallest absolute Gasteiger partial charge is 0.266 e. The van der Waals surface area contributed by atoms with E-state index in [0.29, 0.717) is 18.7 Å². The molecule has 2 saturated heterocycles. The summed E-state index contributed by atoms with van der Waals surface area (Å²) in [6.45, 7) is 5.56. The first-order valence-corrected chi connectivity index (χ1v) is 18.6. The lowest BCUT2D eigenvalue weighted by atomic mass is 10.0. The molecule has 0 aromatic heterocycles. The third-order valence-electron chi connectivity index (χ3n) is 9.71. The largest absolute Gasteiger partial charge is 0.490 e. The van der Waals surface area contributed by atoms with Gasteiger partial charge in [0.1, 0.15) is 30.0 Å². The topological polar surface area (TPSA) is 129 Å². The number of amides is 4. The summed E-state index contributed by atoms with van der Waals surface area (Å²) in [5.41, 5.74) is 3.17. The third-order valence-corrected chi connectivity index (χ3v) is 11.1. The van der Waals surface area contributed by atoms with Gasteiger partial charge in [-0.1, -0.05) is 41.6 Å². The molecule has 1 unspecified atom stereocenters. The minimum atomic E-state index is -1.05. The second kappa shape index (κ2) is 15.9. The minimum absolute atomic E-state index is 0.0447. The fourth-order valence-corrected chi connectivity index (χ4v) is 8.34. The van der Waals surface area contributed by atoms with Gasteiger partial charge in [0.2, 0.25) is 11.8 Å². The molecule has 2 fully saturated rings. The van der Waals surface area contributed by atoms with E-state index in [9.17, 15) is 24.0 Å². The predicted octanol–water partition coefficient (Wildman–Crippen LogP) is 4.55. The number of carbonyl (C=O) groups excluding carboxylic acids is 5. The SMILES string of the molecule is O=C=C(CCOCCOc1cccc2c1C(=O)N(C1CCC(=O)NC1=O)C2=O)N1CCN(CCCN2c3ccccc3Sc3ccc(Cl)cc32)CC1. The lowest BCUT2D eigenvalue weighted by molar-refractivity contribution is -0.136. The van der Waals surface area contributed by atoms with Crippen LogP contribution in [0.3, 0.4) is 0 Å². The van der Waals surface area contributed by atoms with Crippen molar-refractivity contribution in [3.8, 4) is 5.75 Å². The summed E-state index contributed by atoms with van der Waals surface area (Å²) in [4.78, 5) is 72.3. The van der Waals surface area contributed by atoms with Crippen LogP contribution in [0.15, 0.2) is 76.2 Å². The van der Waals surface area contributed by atoms with E-state index >= 15 is 0 Å². The Balaban J connectivity index is 0.831. The van der Waals surface area contributed by atoms with Gasteiger partial charge in [-0.2, -0.15) is 0 Å². The number of hydrogen-bond acceptors (Lipinski definition) is 11. The summed E-state index contributed by atoms with van der Waals surface area (Å²) in [6, 6.07) is 18.2. The number of hydrogen-bond donors (Lipinski definition) is 1.